The van der Waals surface area contributed by atoms with E-state index in [-0.39, 0.29) is 11.4 Å². The fraction of sp³-hybridized carbons (Fsp3) is 0.125. The van der Waals surface area contributed by atoms with Crippen molar-refractivity contribution in [2.45, 2.75) is 6.92 Å². The van der Waals surface area contributed by atoms with Crippen LogP contribution in [0.5, 0.6) is 0 Å². The maximum atomic E-state index is 10.6. The molecule has 0 spiro atoms. The van der Waals surface area contributed by atoms with Crippen molar-refractivity contribution in [3.05, 3.63) is 38.6 Å². The van der Waals surface area contributed by atoms with Gasteiger partial charge < -0.3 is 0 Å². The third-order valence-corrected chi connectivity index (χ3v) is 1.96. The van der Waals surface area contributed by atoms with Gasteiger partial charge in [0.15, 0.2) is 0 Å². The molecule has 1 aromatic rings. The van der Waals surface area contributed by atoms with Crippen LogP contribution in [0.4, 0.5) is 5.69 Å². The first-order chi connectivity index (χ1) is 6.06. The number of nitrogens with zero attached hydrogens (tertiary/aromatic N) is 2. The molecule has 1 rings (SSSR count). The minimum absolute atomic E-state index is 0.0122. The molecule has 0 amide bonds. The highest BCUT2D eigenvalue weighted by atomic mass is 79.9. The Balaban J connectivity index is 3.47. The Hall–Kier alpha value is -1.23. The molecule has 0 atom stereocenters. The van der Waals surface area contributed by atoms with E-state index in [2.05, 4.69) is 27.5 Å². The Labute approximate surface area is 83.6 Å². The van der Waals surface area contributed by atoms with Crippen molar-refractivity contribution in [2.24, 2.45) is 0 Å². The van der Waals surface area contributed by atoms with Crippen molar-refractivity contribution in [1.29, 1.82) is 0 Å². The van der Waals surface area contributed by atoms with Gasteiger partial charge in [-0.2, -0.15) is 0 Å². The van der Waals surface area contributed by atoms with E-state index in [9.17, 15) is 10.1 Å². The Morgan fingerprint density at radius 3 is 2.85 bits per heavy atom. The summed E-state index contributed by atoms with van der Waals surface area (Å²) < 4.78 is 0.575. The normalized spacial score (nSPS) is 9.69. The number of aryl methyl sites for hydroxylation is 1. The predicted molar refractivity (Wildman–Crippen MR) is 53.4 cm³/mol. The van der Waals surface area contributed by atoms with Gasteiger partial charge in [-0.25, -0.2) is 4.98 Å². The highest BCUT2D eigenvalue weighted by molar-refractivity contribution is 9.10. The van der Waals surface area contributed by atoms with Gasteiger partial charge in [0.25, 0.3) is 5.69 Å². The smallest absolute Gasteiger partial charge is 0.258 e. The van der Waals surface area contributed by atoms with Crippen LogP contribution in [0.3, 0.4) is 0 Å². The maximum absolute atomic E-state index is 10.6. The largest absolute Gasteiger partial charge is 0.297 e. The van der Waals surface area contributed by atoms with Crippen molar-refractivity contribution in [1.82, 2.24) is 4.98 Å². The first-order valence-corrected chi connectivity index (χ1v) is 4.29. The molecule has 0 aliphatic heterocycles. The van der Waals surface area contributed by atoms with Gasteiger partial charge >= 0.3 is 0 Å². The standard InChI is InChI=1S/C8H7BrN2O2/c1-3-6-8(11(12)13)5(2)4-7(9)10-6/h3-4H,1H2,2H3. The van der Waals surface area contributed by atoms with Crippen molar-refractivity contribution in [3.8, 4) is 0 Å². The summed E-state index contributed by atoms with van der Waals surface area (Å²) in [5, 5.41) is 10.6. The molecule has 0 N–H and O–H groups in total. The summed E-state index contributed by atoms with van der Waals surface area (Å²) >= 11 is 3.16. The summed E-state index contributed by atoms with van der Waals surface area (Å²) in [7, 11) is 0. The summed E-state index contributed by atoms with van der Waals surface area (Å²) in [6.07, 6.45) is 1.37. The van der Waals surface area contributed by atoms with Crippen LogP contribution in [-0.4, -0.2) is 9.91 Å². The van der Waals surface area contributed by atoms with E-state index in [1.54, 1.807) is 13.0 Å². The van der Waals surface area contributed by atoms with E-state index in [1.807, 2.05) is 0 Å². The molecule has 1 aromatic heterocycles. The number of aromatic nitrogens is 1. The summed E-state index contributed by atoms with van der Waals surface area (Å²) in [4.78, 5) is 14.1. The zero-order chi connectivity index (χ0) is 10.0. The highest BCUT2D eigenvalue weighted by Gasteiger charge is 2.17. The molecule has 0 fully saturated rings. The predicted octanol–water partition coefficient (Wildman–Crippen LogP) is 2.70. The van der Waals surface area contributed by atoms with Gasteiger partial charge in [0.1, 0.15) is 10.3 Å². The van der Waals surface area contributed by atoms with Gasteiger partial charge in [-0.3, -0.25) is 10.1 Å². The molecule has 0 aliphatic carbocycles. The van der Waals surface area contributed by atoms with Gasteiger partial charge in [-0.05, 0) is 35.0 Å². The number of rotatable bonds is 2. The number of pyridine rings is 1. The van der Waals surface area contributed by atoms with Crippen LogP contribution in [0.1, 0.15) is 11.3 Å². The number of hydrogen-bond acceptors (Lipinski definition) is 3. The fourth-order valence-corrected chi connectivity index (χ4v) is 1.56. The van der Waals surface area contributed by atoms with E-state index >= 15 is 0 Å². The molecule has 68 valence electrons. The fourth-order valence-electron chi connectivity index (χ4n) is 1.03. The molecular formula is C8H7BrN2O2. The number of halogens is 1. The second kappa shape index (κ2) is 3.66. The van der Waals surface area contributed by atoms with Crippen LogP contribution in [0, 0.1) is 17.0 Å². The second-order valence-electron chi connectivity index (χ2n) is 2.46. The van der Waals surface area contributed by atoms with E-state index < -0.39 is 4.92 Å². The Morgan fingerprint density at radius 2 is 2.38 bits per heavy atom. The maximum Gasteiger partial charge on any atom is 0.297 e. The van der Waals surface area contributed by atoms with E-state index in [1.165, 1.54) is 6.08 Å². The van der Waals surface area contributed by atoms with Crippen molar-refractivity contribution >= 4 is 27.7 Å². The Morgan fingerprint density at radius 1 is 1.77 bits per heavy atom. The summed E-state index contributed by atoms with van der Waals surface area (Å²) in [6, 6.07) is 1.60. The lowest BCUT2D eigenvalue weighted by Crippen LogP contribution is -1.97. The van der Waals surface area contributed by atoms with Gasteiger partial charge in [0, 0.05) is 5.56 Å². The zero-order valence-electron chi connectivity index (χ0n) is 6.95. The average Bonchev–Trinajstić information content (AvgIpc) is 2.01. The number of hydrogen-bond donors (Lipinski definition) is 0. The minimum Gasteiger partial charge on any atom is -0.258 e. The lowest BCUT2D eigenvalue weighted by atomic mass is 10.2. The van der Waals surface area contributed by atoms with Gasteiger partial charge in [0.2, 0.25) is 0 Å². The molecule has 4 nitrogen and oxygen atoms in total. The van der Waals surface area contributed by atoms with Gasteiger partial charge in [0.05, 0.1) is 4.92 Å². The van der Waals surface area contributed by atoms with Gasteiger partial charge in [-0.1, -0.05) is 6.58 Å². The van der Waals surface area contributed by atoms with Crippen molar-refractivity contribution in [2.75, 3.05) is 0 Å². The highest BCUT2D eigenvalue weighted by Crippen LogP contribution is 2.25. The van der Waals surface area contributed by atoms with E-state index in [4.69, 9.17) is 0 Å². The van der Waals surface area contributed by atoms with Crippen LogP contribution < -0.4 is 0 Å². The topological polar surface area (TPSA) is 56.0 Å². The molecule has 0 saturated carbocycles. The third-order valence-electron chi connectivity index (χ3n) is 1.55. The monoisotopic (exact) mass is 242 g/mol. The molecule has 5 heteroatoms. The van der Waals surface area contributed by atoms with Gasteiger partial charge in [-0.15, -0.1) is 0 Å². The molecule has 0 unspecified atom stereocenters. The molecule has 0 saturated heterocycles. The SMILES string of the molecule is C=Cc1nc(Br)cc(C)c1[N+](=O)[O-]. The zero-order valence-corrected chi connectivity index (χ0v) is 8.54. The van der Waals surface area contributed by atoms with Crippen LogP contribution in [-0.2, 0) is 0 Å². The molecule has 1 heterocycles. The quantitative estimate of drug-likeness (QED) is 0.455. The lowest BCUT2D eigenvalue weighted by molar-refractivity contribution is -0.385. The Kier molecular flexibility index (Phi) is 2.77. The summed E-state index contributed by atoms with van der Waals surface area (Å²) in [6.45, 7) is 5.13. The lowest BCUT2D eigenvalue weighted by Gasteiger charge is -2.00. The second-order valence-corrected chi connectivity index (χ2v) is 3.27. The number of nitro groups is 1. The van der Waals surface area contributed by atoms with Crippen molar-refractivity contribution in [3.63, 3.8) is 0 Å². The first kappa shape index (κ1) is 9.85. The summed E-state index contributed by atoms with van der Waals surface area (Å²) in [5.41, 5.74) is 0.872. The average molecular weight is 243 g/mol. The third kappa shape index (κ3) is 1.92. The first-order valence-electron chi connectivity index (χ1n) is 3.50. The van der Waals surface area contributed by atoms with Crippen LogP contribution >= 0.6 is 15.9 Å². The molecule has 0 bridgehead atoms. The molecule has 0 aromatic carbocycles. The van der Waals surface area contributed by atoms with Crippen LogP contribution in [0.2, 0.25) is 0 Å². The molecular weight excluding hydrogens is 236 g/mol. The van der Waals surface area contributed by atoms with Crippen LogP contribution in [0.15, 0.2) is 17.2 Å². The summed E-state index contributed by atoms with van der Waals surface area (Å²) in [5.74, 6) is 0. The van der Waals surface area contributed by atoms with Crippen LogP contribution in [0.25, 0.3) is 6.08 Å². The molecule has 13 heavy (non-hydrogen) atoms. The van der Waals surface area contributed by atoms with E-state index in [0.717, 1.165) is 0 Å². The molecule has 0 radical (unpaired) electrons. The van der Waals surface area contributed by atoms with E-state index in [0.29, 0.717) is 10.2 Å². The minimum atomic E-state index is -0.453. The molecule has 0 aliphatic rings. The van der Waals surface area contributed by atoms with Crippen molar-refractivity contribution < 1.29 is 4.92 Å². The Bertz CT molecular complexity index is 377.